The summed E-state index contributed by atoms with van der Waals surface area (Å²) in [6, 6.07) is 3.99. The first kappa shape index (κ1) is 12.8. The van der Waals surface area contributed by atoms with Gasteiger partial charge in [0.15, 0.2) is 0 Å². The molecule has 2 N–H and O–H groups in total. The molecular weight excluding hydrogens is 206 g/mol. The second kappa shape index (κ2) is 6.35. The Bertz CT molecular complexity index is 339. The topological polar surface area (TPSA) is 53.7 Å². The molecule has 0 saturated carbocycles. The van der Waals surface area contributed by atoms with Crippen LogP contribution in [-0.4, -0.2) is 20.8 Å². The van der Waals surface area contributed by atoms with Gasteiger partial charge in [-0.15, -0.1) is 0 Å². The highest BCUT2D eigenvalue weighted by atomic mass is 16.6. The van der Waals surface area contributed by atoms with Gasteiger partial charge in [0, 0.05) is 12.5 Å². The van der Waals surface area contributed by atoms with Gasteiger partial charge in [0.05, 0.1) is 20.8 Å². The zero-order valence-corrected chi connectivity index (χ0v) is 10.1. The molecule has 0 atom stereocenters. The predicted molar refractivity (Wildman–Crippen MR) is 62.8 cm³/mol. The van der Waals surface area contributed by atoms with Crippen molar-refractivity contribution in [3.05, 3.63) is 23.3 Å². The number of rotatable bonds is 6. The molecule has 0 aliphatic rings. The number of ether oxygens (including phenoxy) is 2. The molecule has 0 aromatic heterocycles. The molecule has 0 bridgehead atoms. The van der Waals surface area contributed by atoms with E-state index in [1.54, 1.807) is 14.2 Å². The number of benzene rings is 1. The zero-order valence-electron chi connectivity index (χ0n) is 10.1. The summed E-state index contributed by atoms with van der Waals surface area (Å²) in [6.07, 6.45) is 1.65. The lowest BCUT2D eigenvalue weighted by atomic mass is 10.0. The molecule has 0 radical (unpaired) electrons. The Labute approximate surface area is 96.3 Å². The maximum atomic E-state index is 5.31. The van der Waals surface area contributed by atoms with Gasteiger partial charge in [-0.1, -0.05) is 6.92 Å². The number of methoxy groups -OCH3 is 2. The lowest BCUT2D eigenvalue weighted by Crippen LogP contribution is -2.06. The van der Waals surface area contributed by atoms with Gasteiger partial charge in [-0.25, -0.2) is 5.90 Å². The van der Waals surface area contributed by atoms with Gasteiger partial charge in [-0.2, -0.15) is 0 Å². The minimum Gasteiger partial charge on any atom is -0.496 e. The van der Waals surface area contributed by atoms with Crippen molar-refractivity contribution in [2.75, 3.05) is 20.8 Å². The Morgan fingerprint density at radius 2 is 1.69 bits per heavy atom. The fourth-order valence-electron chi connectivity index (χ4n) is 1.68. The Hall–Kier alpha value is -1.26. The Morgan fingerprint density at radius 1 is 1.06 bits per heavy atom. The second-order valence-electron chi connectivity index (χ2n) is 3.45. The van der Waals surface area contributed by atoms with Crippen LogP contribution in [-0.2, 0) is 17.7 Å². The van der Waals surface area contributed by atoms with Crippen LogP contribution in [0.3, 0.4) is 0 Å². The van der Waals surface area contributed by atoms with Crippen molar-refractivity contribution in [3.8, 4) is 11.5 Å². The van der Waals surface area contributed by atoms with Crippen LogP contribution in [0.15, 0.2) is 12.1 Å². The molecule has 90 valence electrons. The van der Waals surface area contributed by atoms with Gasteiger partial charge in [-0.05, 0) is 23.6 Å². The van der Waals surface area contributed by atoms with Crippen molar-refractivity contribution < 1.29 is 14.3 Å². The van der Waals surface area contributed by atoms with Crippen molar-refractivity contribution in [2.24, 2.45) is 5.90 Å². The van der Waals surface area contributed by atoms with Gasteiger partial charge < -0.3 is 14.3 Å². The third-order valence-electron chi connectivity index (χ3n) is 2.55. The SMILES string of the molecule is CCc1cc(CCON)c(OC)cc1OC. The summed E-state index contributed by atoms with van der Waals surface area (Å²) >= 11 is 0. The molecule has 0 saturated heterocycles. The van der Waals surface area contributed by atoms with Crippen molar-refractivity contribution in [1.29, 1.82) is 0 Å². The van der Waals surface area contributed by atoms with Crippen molar-refractivity contribution in [1.82, 2.24) is 0 Å². The maximum absolute atomic E-state index is 5.31. The normalized spacial score (nSPS) is 10.2. The fraction of sp³-hybridized carbons (Fsp3) is 0.500. The smallest absolute Gasteiger partial charge is 0.125 e. The highest BCUT2D eigenvalue weighted by Crippen LogP contribution is 2.29. The standard InChI is InChI=1S/C12H19NO3/c1-4-9-7-10(5-6-16-13)12(15-3)8-11(9)14-2/h7-8H,4-6,13H2,1-3H3. The highest BCUT2D eigenvalue weighted by molar-refractivity contribution is 5.46. The van der Waals surface area contributed by atoms with E-state index in [1.165, 1.54) is 0 Å². The molecule has 1 rings (SSSR count). The first-order chi connectivity index (χ1) is 7.76. The maximum Gasteiger partial charge on any atom is 0.125 e. The minimum atomic E-state index is 0.478. The third-order valence-corrected chi connectivity index (χ3v) is 2.55. The molecule has 0 spiro atoms. The first-order valence-corrected chi connectivity index (χ1v) is 5.32. The number of nitrogens with two attached hydrogens (primary N) is 1. The van der Waals surface area contributed by atoms with Gasteiger partial charge in [0.1, 0.15) is 11.5 Å². The Balaban J connectivity index is 3.05. The van der Waals surface area contributed by atoms with Gasteiger partial charge >= 0.3 is 0 Å². The van der Waals surface area contributed by atoms with E-state index in [2.05, 4.69) is 17.8 Å². The van der Waals surface area contributed by atoms with Crippen molar-refractivity contribution in [3.63, 3.8) is 0 Å². The molecule has 1 aromatic carbocycles. The van der Waals surface area contributed by atoms with Crippen LogP contribution in [0.1, 0.15) is 18.1 Å². The summed E-state index contributed by atoms with van der Waals surface area (Å²) in [7, 11) is 3.31. The summed E-state index contributed by atoms with van der Waals surface area (Å²) in [5.74, 6) is 6.70. The van der Waals surface area contributed by atoms with E-state index in [4.69, 9.17) is 15.4 Å². The molecule has 4 heteroatoms. The van der Waals surface area contributed by atoms with Crippen LogP contribution >= 0.6 is 0 Å². The summed E-state index contributed by atoms with van der Waals surface area (Å²) in [5, 5.41) is 0. The molecule has 1 aromatic rings. The lowest BCUT2D eigenvalue weighted by Gasteiger charge is -2.13. The summed E-state index contributed by atoms with van der Waals surface area (Å²) < 4.78 is 10.6. The summed E-state index contributed by atoms with van der Waals surface area (Å²) in [4.78, 5) is 4.59. The van der Waals surface area contributed by atoms with Crippen LogP contribution in [0.4, 0.5) is 0 Å². The monoisotopic (exact) mass is 225 g/mol. The molecule has 16 heavy (non-hydrogen) atoms. The van der Waals surface area contributed by atoms with Crippen molar-refractivity contribution >= 4 is 0 Å². The lowest BCUT2D eigenvalue weighted by molar-refractivity contribution is 0.140. The van der Waals surface area contributed by atoms with Gasteiger partial charge in [-0.3, -0.25) is 0 Å². The highest BCUT2D eigenvalue weighted by Gasteiger charge is 2.09. The predicted octanol–water partition coefficient (Wildman–Crippen LogP) is 1.70. The summed E-state index contributed by atoms with van der Waals surface area (Å²) in [5.41, 5.74) is 2.25. The molecule has 0 aliphatic heterocycles. The van der Waals surface area contributed by atoms with E-state index in [-0.39, 0.29) is 0 Å². The van der Waals surface area contributed by atoms with E-state index in [1.807, 2.05) is 6.07 Å². The van der Waals surface area contributed by atoms with Gasteiger partial charge in [0.25, 0.3) is 0 Å². The van der Waals surface area contributed by atoms with Crippen LogP contribution in [0.25, 0.3) is 0 Å². The molecular formula is C12H19NO3. The largest absolute Gasteiger partial charge is 0.496 e. The number of hydrogen-bond acceptors (Lipinski definition) is 4. The number of aryl methyl sites for hydroxylation is 1. The average Bonchev–Trinajstić information content (AvgIpc) is 2.35. The molecule has 4 nitrogen and oxygen atoms in total. The van der Waals surface area contributed by atoms with Crippen LogP contribution in [0, 0.1) is 0 Å². The summed E-state index contributed by atoms with van der Waals surface area (Å²) in [6.45, 7) is 2.57. The van der Waals surface area contributed by atoms with E-state index in [0.29, 0.717) is 6.61 Å². The van der Waals surface area contributed by atoms with Crippen LogP contribution < -0.4 is 15.4 Å². The Kier molecular flexibility index (Phi) is 5.08. The number of hydrogen-bond donors (Lipinski definition) is 1. The van der Waals surface area contributed by atoms with E-state index >= 15 is 0 Å². The molecule has 0 aliphatic carbocycles. The second-order valence-corrected chi connectivity index (χ2v) is 3.45. The third kappa shape index (κ3) is 2.87. The van der Waals surface area contributed by atoms with Crippen molar-refractivity contribution in [2.45, 2.75) is 19.8 Å². The minimum absolute atomic E-state index is 0.478. The zero-order chi connectivity index (χ0) is 12.0. The molecule has 0 amide bonds. The molecule has 0 fully saturated rings. The van der Waals surface area contributed by atoms with E-state index < -0.39 is 0 Å². The molecule has 0 unspecified atom stereocenters. The van der Waals surface area contributed by atoms with Gasteiger partial charge in [0.2, 0.25) is 0 Å². The first-order valence-electron chi connectivity index (χ1n) is 5.32. The average molecular weight is 225 g/mol. The Morgan fingerprint density at radius 3 is 2.19 bits per heavy atom. The quantitative estimate of drug-likeness (QED) is 0.749. The van der Waals surface area contributed by atoms with Crippen LogP contribution in [0.2, 0.25) is 0 Å². The fourth-order valence-corrected chi connectivity index (χ4v) is 1.68. The molecule has 0 heterocycles. The van der Waals surface area contributed by atoms with E-state index in [9.17, 15) is 0 Å². The van der Waals surface area contributed by atoms with E-state index in [0.717, 1.165) is 35.5 Å². The van der Waals surface area contributed by atoms with Crippen LogP contribution in [0.5, 0.6) is 11.5 Å².